The first-order chi connectivity index (χ1) is 12.0. The predicted octanol–water partition coefficient (Wildman–Crippen LogP) is 4.11. The summed E-state index contributed by atoms with van der Waals surface area (Å²) in [4.78, 5) is 4.38. The average molecular weight is 475 g/mol. The standard InChI is InChI=1S/C20H37N5.HI/c1-15(14-19-16(2)24-25(5)17(19)3)23-20(21-4)22-13-9-12-18-10-7-6-8-11-18;/h15,18H,6-14H2,1-5H3,(H2,21,22,23);1H. The second-order valence-electron chi connectivity index (χ2n) is 7.67. The minimum atomic E-state index is 0. The van der Waals surface area contributed by atoms with Crippen LogP contribution in [0.25, 0.3) is 0 Å². The van der Waals surface area contributed by atoms with Gasteiger partial charge in [0, 0.05) is 32.4 Å². The van der Waals surface area contributed by atoms with Crippen LogP contribution < -0.4 is 10.6 Å². The van der Waals surface area contributed by atoms with E-state index in [4.69, 9.17) is 0 Å². The van der Waals surface area contributed by atoms with Gasteiger partial charge in [-0.05, 0) is 51.5 Å². The first-order valence-corrected chi connectivity index (χ1v) is 9.97. The second-order valence-corrected chi connectivity index (χ2v) is 7.67. The van der Waals surface area contributed by atoms with Crippen LogP contribution in [0.5, 0.6) is 0 Å². The van der Waals surface area contributed by atoms with E-state index in [1.54, 1.807) is 0 Å². The van der Waals surface area contributed by atoms with Crippen LogP contribution in [0.2, 0.25) is 0 Å². The molecule has 1 aromatic heterocycles. The van der Waals surface area contributed by atoms with E-state index in [1.807, 2.05) is 18.8 Å². The third kappa shape index (κ3) is 7.08. The Bertz CT molecular complexity index is 561. The first-order valence-electron chi connectivity index (χ1n) is 9.97. The van der Waals surface area contributed by atoms with E-state index in [-0.39, 0.29) is 24.0 Å². The zero-order chi connectivity index (χ0) is 18.2. The fourth-order valence-corrected chi connectivity index (χ4v) is 3.97. The smallest absolute Gasteiger partial charge is 0.191 e. The summed E-state index contributed by atoms with van der Waals surface area (Å²) in [5.74, 6) is 1.87. The molecule has 150 valence electrons. The molecule has 0 saturated heterocycles. The normalized spacial score (nSPS) is 16.9. The van der Waals surface area contributed by atoms with Crippen molar-refractivity contribution in [1.82, 2.24) is 20.4 Å². The number of nitrogens with zero attached hydrogens (tertiary/aromatic N) is 3. The van der Waals surface area contributed by atoms with Gasteiger partial charge in [-0.25, -0.2) is 0 Å². The van der Waals surface area contributed by atoms with Gasteiger partial charge >= 0.3 is 0 Å². The molecule has 1 heterocycles. The molecular formula is C20H38IN5. The van der Waals surface area contributed by atoms with Crippen LogP contribution >= 0.6 is 24.0 Å². The Morgan fingerprint density at radius 1 is 1.27 bits per heavy atom. The van der Waals surface area contributed by atoms with Crippen molar-refractivity contribution in [2.45, 2.75) is 78.2 Å². The van der Waals surface area contributed by atoms with Crippen molar-refractivity contribution < 1.29 is 0 Å². The van der Waals surface area contributed by atoms with Crippen LogP contribution in [0.15, 0.2) is 4.99 Å². The van der Waals surface area contributed by atoms with Crippen LogP contribution in [-0.4, -0.2) is 35.4 Å². The number of aliphatic imine (C=N–C) groups is 1. The molecule has 2 rings (SSSR count). The molecule has 1 aliphatic carbocycles. The molecule has 26 heavy (non-hydrogen) atoms. The van der Waals surface area contributed by atoms with Gasteiger partial charge in [-0.3, -0.25) is 9.67 Å². The van der Waals surface area contributed by atoms with Gasteiger partial charge in [0.05, 0.1) is 5.69 Å². The van der Waals surface area contributed by atoms with Gasteiger partial charge in [0.25, 0.3) is 0 Å². The van der Waals surface area contributed by atoms with Crippen LogP contribution in [0, 0.1) is 19.8 Å². The highest BCUT2D eigenvalue weighted by molar-refractivity contribution is 14.0. The maximum atomic E-state index is 4.51. The highest BCUT2D eigenvalue weighted by Gasteiger charge is 2.15. The molecule has 0 bridgehead atoms. The zero-order valence-electron chi connectivity index (χ0n) is 17.3. The summed E-state index contributed by atoms with van der Waals surface area (Å²) in [6, 6.07) is 0.325. The van der Waals surface area contributed by atoms with Gasteiger partial charge < -0.3 is 10.6 Å². The predicted molar refractivity (Wildman–Crippen MR) is 122 cm³/mol. The van der Waals surface area contributed by atoms with Gasteiger partial charge in [-0.15, -0.1) is 24.0 Å². The number of guanidine groups is 1. The minimum Gasteiger partial charge on any atom is -0.356 e. The minimum absolute atomic E-state index is 0. The number of hydrogen-bond donors (Lipinski definition) is 2. The summed E-state index contributed by atoms with van der Waals surface area (Å²) in [7, 11) is 3.86. The molecule has 0 radical (unpaired) electrons. The Hall–Kier alpha value is -0.790. The van der Waals surface area contributed by atoms with E-state index < -0.39 is 0 Å². The maximum Gasteiger partial charge on any atom is 0.191 e. The maximum absolute atomic E-state index is 4.51. The SMILES string of the molecule is CN=C(NCCCC1CCCCC1)NC(C)Cc1c(C)nn(C)c1C.I. The van der Waals surface area contributed by atoms with E-state index in [1.165, 1.54) is 56.2 Å². The van der Waals surface area contributed by atoms with Gasteiger partial charge in [0.2, 0.25) is 0 Å². The van der Waals surface area contributed by atoms with E-state index in [0.29, 0.717) is 6.04 Å². The fraction of sp³-hybridized carbons (Fsp3) is 0.800. The van der Waals surface area contributed by atoms with E-state index >= 15 is 0 Å². The Kier molecular flexibility index (Phi) is 10.6. The lowest BCUT2D eigenvalue weighted by Gasteiger charge is -2.22. The van der Waals surface area contributed by atoms with Gasteiger partial charge in [-0.2, -0.15) is 5.10 Å². The number of aromatic nitrogens is 2. The van der Waals surface area contributed by atoms with Crippen LogP contribution in [0.3, 0.4) is 0 Å². The highest BCUT2D eigenvalue weighted by Crippen LogP contribution is 2.26. The Morgan fingerprint density at radius 2 is 1.96 bits per heavy atom. The summed E-state index contributed by atoms with van der Waals surface area (Å²) >= 11 is 0. The van der Waals surface area contributed by atoms with E-state index in [2.05, 4.69) is 41.5 Å². The summed E-state index contributed by atoms with van der Waals surface area (Å²) in [5, 5.41) is 11.5. The van der Waals surface area contributed by atoms with Gasteiger partial charge in [0.1, 0.15) is 0 Å². The summed E-state index contributed by atoms with van der Waals surface area (Å²) in [6.45, 7) is 7.45. The average Bonchev–Trinajstić information content (AvgIpc) is 2.84. The van der Waals surface area contributed by atoms with Crippen LogP contribution in [-0.2, 0) is 13.5 Å². The zero-order valence-corrected chi connectivity index (χ0v) is 19.6. The van der Waals surface area contributed by atoms with Crippen LogP contribution in [0.1, 0.15) is 68.8 Å². The van der Waals surface area contributed by atoms with Crippen molar-refractivity contribution >= 4 is 29.9 Å². The summed E-state index contributed by atoms with van der Waals surface area (Å²) in [6.07, 6.45) is 10.8. The van der Waals surface area contributed by atoms with E-state index in [0.717, 1.165) is 30.5 Å². The Labute approximate surface area is 176 Å². The van der Waals surface area contributed by atoms with Crippen molar-refractivity contribution in [2.24, 2.45) is 18.0 Å². The molecule has 2 N–H and O–H groups in total. The number of halogens is 1. The molecule has 5 nitrogen and oxygen atoms in total. The number of hydrogen-bond acceptors (Lipinski definition) is 2. The second kappa shape index (κ2) is 11.8. The topological polar surface area (TPSA) is 54.2 Å². The van der Waals surface area contributed by atoms with Crippen molar-refractivity contribution in [3.05, 3.63) is 17.0 Å². The molecule has 0 aliphatic heterocycles. The van der Waals surface area contributed by atoms with E-state index in [9.17, 15) is 0 Å². The molecule has 0 aromatic carbocycles. The van der Waals surface area contributed by atoms with Crippen molar-refractivity contribution in [2.75, 3.05) is 13.6 Å². The molecule has 1 aromatic rings. The molecule has 1 saturated carbocycles. The van der Waals surface area contributed by atoms with Crippen molar-refractivity contribution in [3.63, 3.8) is 0 Å². The molecule has 1 aliphatic rings. The summed E-state index contributed by atoms with van der Waals surface area (Å²) in [5.41, 5.74) is 3.72. The molecule has 1 fully saturated rings. The molecule has 6 heteroatoms. The number of aryl methyl sites for hydroxylation is 2. The fourth-order valence-electron chi connectivity index (χ4n) is 3.97. The first kappa shape index (κ1) is 23.2. The lowest BCUT2D eigenvalue weighted by molar-refractivity contribution is 0.332. The molecule has 0 amide bonds. The highest BCUT2D eigenvalue weighted by atomic mass is 127. The lowest BCUT2D eigenvalue weighted by atomic mass is 9.86. The number of rotatable bonds is 7. The Balaban J connectivity index is 0.00000338. The quantitative estimate of drug-likeness (QED) is 0.270. The molecular weight excluding hydrogens is 437 g/mol. The van der Waals surface area contributed by atoms with Crippen LogP contribution in [0.4, 0.5) is 0 Å². The monoisotopic (exact) mass is 475 g/mol. The van der Waals surface area contributed by atoms with Gasteiger partial charge in [0.15, 0.2) is 5.96 Å². The Morgan fingerprint density at radius 3 is 2.54 bits per heavy atom. The van der Waals surface area contributed by atoms with Crippen molar-refractivity contribution in [1.29, 1.82) is 0 Å². The molecule has 0 spiro atoms. The number of nitrogens with one attached hydrogen (secondary N) is 2. The summed E-state index contributed by atoms with van der Waals surface area (Å²) < 4.78 is 1.97. The lowest BCUT2D eigenvalue weighted by Crippen LogP contribution is -2.43. The molecule has 1 atom stereocenters. The van der Waals surface area contributed by atoms with Gasteiger partial charge in [-0.1, -0.05) is 32.1 Å². The van der Waals surface area contributed by atoms with Crippen molar-refractivity contribution in [3.8, 4) is 0 Å². The largest absolute Gasteiger partial charge is 0.356 e. The molecule has 1 unspecified atom stereocenters. The third-order valence-electron chi connectivity index (χ3n) is 5.58. The third-order valence-corrected chi connectivity index (χ3v) is 5.58.